The molecule has 0 atom stereocenters. The first-order valence-electron chi connectivity index (χ1n) is 11.1. The van der Waals surface area contributed by atoms with E-state index < -0.39 is 15.9 Å². The molecule has 0 aliphatic carbocycles. The van der Waals surface area contributed by atoms with Gasteiger partial charge >= 0.3 is 0 Å². The van der Waals surface area contributed by atoms with Crippen molar-refractivity contribution in [3.63, 3.8) is 0 Å². The highest BCUT2D eigenvalue weighted by Gasteiger charge is 2.24. The van der Waals surface area contributed by atoms with Gasteiger partial charge in [0.2, 0.25) is 10.0 Å². The molecule has 0 saturated carbocycles. The minimum Gasteiger partial charge on any atom is -0.492 e. The number of amides is 1. The van der Waals surface area contributed by atoms with Gasteiger partial charge in [0.1, 0.15) is 11.3 Å². The van der Waals surface area contributed by atoms with Crippen LogP contribution in [0.1, 0.15) is 37.0 Å². The second-order valence-electron chi connectivity index (χ2n) is 7.33. The number of hydrogen-bond acceptors (Lipinski definition) is 7. The Balaban J connectivity index is 1.93. The SMILES string of the molecule is CCOc1cccc2sc(=NC(=O)c3ccc(S(=O)(=O)N(CCC#N)CCC#N)cc3)n(CC)c12. The average Bonchev–Trinajstić information content (AvgIpc) is 3.22. The maximum atomic E-state index is 13.0. The lowest BCUT2D eigenvalue weighted by atomic mass is 10.2. The summed E-state index contributed by atoms with van der Waals surface area (Å²) in [7, 11) is -3.91. The van der Waals surface area contributed by atoms with Gasteiger partial charge in [-0.15, -0.1) is 0 Å². The number of nitriles is 2. The summed E-state index contributed by atoms with van der Waals surface area (Å²) in [4.78, 5) is 17.7. The monoisotopic (exact) mass is 511 g/mol. The van der Waals surface area contributed by atoms with E-state index in [0.717, 1.165) is 20.3 Å². The highest BCUT2D eigenvalue weighted by atomic mass is 32.2. The van der Waals surface area contributed by atoms with Crippen LogP contribution in [-0.4, -0.2) is 42.9 Å². The molecule has 9 nitrogen and oxygen atoms in total. The second-order valence-corrected chi connectivity index (χ2v) is 10.3. The van der Waals surface area contributed by atoms with Gasteiger partial charge in [0.25, 0.3) is 5.91 Å². The van der Waals surface area contributed by atoms with Crippen LogP contribution in [0.25, 0.3) is 10.2 Å². The number of ether oxygens (including phenoxy) is 1. The Bertz CT molecular complexity index is 1440. The van der Waals surface area contributed by atoms with Crippen molar-refractivity contribution in [2.75, 3.05) is 19.7 Å². The van der Waals surface area contributed by atoms with Crippen LogP contribution >= 0.6 is 11.3 Å². The van der Waals surface area contributed by atoms with Gasteiger partial charge in [-0.2, -0.15) is 19.8 Å². The number of benzene rings is 2. The molecule has 35 heavy (non-hydrogen) atoms. The lowest BCUT2D eigenvalue weighted by molar-refractivity contribution is 0.0997. The smallest absolute Gasteiger partial charge is 0.279 e. The zero-order chi connectivity index (χ0) is 25.4. The van der Waals surface area contributed by atoms with E-state index in [0.29, 0.717) is 18.0 Å². The Labute approximate surface area is 208 Å². The highest BCUT2D eigenvalue weighted by molar-refractivity contribution is 7.89. The number of carbonyl (C=O) groups is 1. The number of fused-ring (bicyclic) bond motifs is 1. The number of nitrogens with zero attached hydrogens (tertiary/aromatic N) is 5. The summed E-state index contributed by atoms with van der Waals surface area (Å²) in [5, 5.41) is 17.7. The van der Waals surface area contributed by atoms with Gasteiger partial charge in [-0.1, -0.05) is 17.4 Å². The fourth-order valence-electron chi connectivity index (χ4n) is 3.52. The van der Waals surface area contributed by atoms with E-state index in [4.69, 9.17) is 15.3 Å². The van der Waals surface area contributed by atoms with Crippen LogP contribution in [0, 0.1) is 22.7 Å². The van der Waals surface area contributed by atoms with Crippen molar-refractivity contribution < 1.29 is 17.9 Å². The van der Waals surface area contributed by atoms with Gasteiger partial charge in [0, 0.05) is 38.0 Å². The minimum atomic E-state index is -3.91. The molecular weight excluding hydrogens is 486 g/mol. The molecule has 1 heterocycles. The highest BCUT2D eigenvalue weighted by Crippen LogP contribution is 2.27. The minimum absolute atomic E-state index is 0.0107. The number of aromatic nitrogens is 1. The van der Waals surface area contributed by atoms with Gasteiger partial charge in [-0.3, -0.25) is 4.79 Å². The fourth-order valence-corrected chi connectivity index (χ4v) is 6.07. The molecule has 3 rings (SSSR count). The van der Waals surface area contributed by atoms with Crippen LogP contribution in [0.3, 0.4) is 0 Å². The molecule has 2 aromatic carbocycles. The summed E-state index contributed by atoms with van der Waals surface area (Å²) < 4.78 is 35.7. The van der Waals surface area contributed by atoms with Crippen LogP contribution in [0.15, 0.2) is 52.4 Å². The lowest BCUT2D eigenvalue weighted by Crippen LogP contribution is -2.32. The Morgan fingerprint density at radius 3 is 2.31 bits per heavy atom. The molecule has 0 spiro atoms. The van der Waals surface area contributed by atoms with Gasteiger partial charge in [0.05, 0.1) is 28.3 Å². The number of carbonyl (C=O) groups excluding carboxylic acids is 1. The summed E-state index contributed by atoms with van der Waals surface area (Å²) >= 11 is 1.38. The van der Waals surface area contributed by atoms with Crippen molar-refractivity contribution >= 4 is 37.5 Å². The third-order valence-corrected chi connectivity index (χ3v) is 8.12. The van der Waals surface area contributed by atoms with E-state index in [1.807, 2.05) is 48.8 Å². The maximum Gasteiger partial charge on any atom is 0.279 e. The standard InChI is InChI=1S/C24H25N5O4S2/c1-3-29-22-20(33-4-2)8-5-9-21(22)34-24(29)27-23(30)18-10-12-19(13-11-18)35(31,32)28(16-6-14-25)17-7-15-26/h5,8-13H,3-4,6-7,16-17H2,1-2H3. The van der Waals surface area contributed by atoms with Crippen LogP contribution in [0.2, 0.25) is 0 Å². The summed E-state index contributed by atoms with van der Waals surface area (Å²) in [6.45, 7) is 4.96. The van der Waals surface area contributed by atoms with Gasteiger partial charge in [-0.25, -0.2) is 8.42 Å². The molecule has 0 aliphatic heterocycles. The van der Waals surface area contributed by atoms with Gasteiger partial charge in [0.15, 0.2) is 4.80 Å². The van der Waals surface area contributed by atoms with Crippen molar-refractivity contribution in [1.82, 2.24) is 8.87 Å². The maximum absolute atomic E-state index is 13.0. The van der Waals surface area contributed by atoms with E-state index in [2.05, 4.69) is 4.99 Å². The molecule has 0 N–H and O–H groups in total. The third-order valence-electron chi connectivity index (χ3n) is 5.16. The lowest BCUT2D eigenvalue weighted by Gasteiger charge is -2.20. The number of aryl methyl sites for hydroxylation is 1. The van der Waals surface area contributed by atoms with Crippen molar-refractivity contribution in [2.45, 2.75) is 38.1 Å². The third kappa shape index (κ3) is 5.77. The fraction of sp³-hybridized carbons (Fsp3) is 0.333. The number of thiazole rings is 1. The van der Waals surface area contributed by atoms with Crippen LogP contribution in [-0.2, 0) is 16.6 Å². The molecular formula is C24H25N5O4S2. The molecule has 0 radical (unpaired) electrons. The molecule has 1 aromatic heterocycles. The number of sulfonamides is 1. The van der Waals surface area contributed by atoms with Crippen LogP contribution in [0.5, 0.6) is 5.75 Å². The second kappa shape index (κ2) is 11.8. The zero-order valence-electron chi connectivity index (χ0n) is 19.5. The number of para-hydroxylation sites is 1. The van der Waals surface area contributed by atoms with E-state index in [9.17, 15) is 13.2 Å². The molecule has 11 heteroatoms. The molecule has 3 aromatic rings. The van der Waals surface area contributed by atoms with E-state index in [1.54, 1.807) is 0 Å². The van der Waals surface area contributed by atoms with Gasteiger partial charge < -0.3 is 9.30 Å². The van der Waals surface area contributed by atoms with E-state index >= 15 is 0 Å². The summed E-state index contributed by atoms with van der Waals surface area (Å²) in [5.74, 6) is 0.232. The predicted octanol–water partition coefficient (Wildman–Crippen LogP) is 3.68. The molecule has 0 unspecified atom stereocenters. The average molecular weight is 512 g/mol. The molecule has 0 aliphatic rings. The first kappa shape index (κ1) is 26.1. The number of hydrogen-bond donors (Lipinski definition) is 0. The number of rotatable bonds is 10. The first-order valence-corrected chi connectivity index (χ1v) is 13.3. The van der Waals surface area contributed by atoms with E-state index in [1.165, 1.54) is 35.6 Å². The van der Waals surface area contributed by atoms with Crippen LogP contribution < -0.4 is 9.54 Å². The molecule has 1 amide bonds. The Hall–Kier alpha value is -3.51. The molecule has 0 bridgehead atoms. The summed E-state index contributed by atoms with van der Waals surface area (Å²) in [6, 6.07) is 15.1. The molecule has 0 saturated heterocycles. The van der Waals surface area contributed by atoms with Gasteiger partial charge in [-0.05, 0) is 50.2 Å². The Morgan fingerprint density at radius 2 is 1.74 bits per heavy atom. The molecule has 182 valence electrons. The molecule has 0 fully saturated rings. The van der Waals surface area contributed by atoms with Crippen LogP contribution in [0.4, 0.5) is 0 Å². The Kier molecular flexibility index (Phi) is 8.77. The zero-order valence-corrected chi connectivity index (χ0v) is 21.1. The Morgan fingerprint density at radius 1 is 1.09 bits per heavy atom. The van der Waals surface area contributed by atoms with Crippen molar-refractivity contribution in [2.24, 2.45) is 4.99 Å². The predicted molar refractivity (Wildman–Crippen MR) is 132 cm³/mol. The first-order chi connectivity index (χ1) is 16.9. The van der Waals surface area contributed by atoms with Crippen molar-refractivity contribution in [3.8, 4) is 17.9 Å². The van der Waals surface area contributed by atoms with E-state index in [-0.39, 0.29) is 36.4 Å². The van der Waals surface area contributed by atoms with Crippen molar-refractivity contribution in [3.05, 3.63) is 52.8 Å². The summed E-state index contributed by atoms with van der Waals surface area (Å²) in [5.41, 5.74) is 1.12. The topological polar surface area (TPSA) is 129 Å². The largest absolute Gasteiger partial charge is 0.492 e. The quantitative estimate of drug-likeness (QED) is 0.408. The van der Waals surface area contributed by atoms with Crippen molar-refractivity contribution in [1.29, 1.82) is 10.5 Å². The normalized spacial score (nSPS) is 12.0. The summed E-state index contributed by atoms with van der Waals surface area (Å²) in [6.07, 6.45) is 0.0232.